The molecular formula is C29H30F3N5O4. The van der Waals surface area contributed by atoms with Gasteiger partial charge in [-0.25, -0.2) is 4.79 Å². The average Bonchev–Trinajstić information content (AvgIpc) is 3.29. The third-order valence-electron chi connectivity index (χ3n) is 7.84. The molecule has 2 aromatic carbocycles. The number of nitrogens with one attached hydrogen (secondary N) is 1. The smallest absolute Gasteiger partial charge is 0.339 e. The molecule has 12 heteroatoms. The molecule has 0 bridgehead atoms. The van der Waals surface area contributed by atoms with Crippen LogP contribution < -0.4 is 5.32 Å². The van der Waals surface area contributed by atoms with Gasteiger partial charge in [0, 0.05) is 39.6 Å². The Kier molecular flexibility index (Phi) is 7.50. The third kappa shape index (κ3) is 5.14. The number of nitrogens with zero attached hydrogens (tertiary/aromatic N) is 4. The largest absolute Gasteiger partial charge is 0.416 e. The maximum atomic E-state index is 14.2. The van der Waals surface area contributed by atoms with Gasteiger partial charge in [-0.15, -0.1) is 0 Å². The van der Waals surface area contributed by atoms with Crippen molar-refractivity contribution in [1.29, 1.82) is 0 Å². The van der Waals surface area contributed by atoms with E-state index in [-0.39, 0.29) is 54.8 Å². The molecule has 0 saturated carbocycles. The molecule has 1 fully saturated rings. The summed E-state index contributed by atoms with van der Waals surface area (Å²) in [5.74, 6) is -1.07. The lowest BCUT2D eigenvalue weighted by molar-refractivity contribution is -0.146. The molecule has 1 saturated heterocycles. The number of hydrogen-bond donors (Lipinski definition) is 1. The zero-order valence-corrected chi connectivity index (χ0v) is 22.6. The number of halogens is 3. The highest BCUT2D eigenvalue weighted by molar-refractivity contribution is 6.04. The second-order valence-corrected chi connectivity index (χ2v) is 10.1. The summed E-state index contributed by atoms with van der Waals surface area (Å²) < 4.78 is 42.0. The topological polar surface area (TPSA) is 93.3 Å². The first-order valence-electron chi connectivity index (χ1n) is 13.4. The molecule has 3 aliphatic heterocycles. The second-order valence-electron chi connectivity index (χ2n) is 10.1. The molecule has 0 radical (unpaired) electrons. The summed E-state index contributed by atoms with van der Waals surface area (Å²) in [5.41, 5.74) is -0.368. The van der Waals surface area contributed by atoms with Gasteiger partial charge in [-0.05, 0) is 24.1 Å². The number of carbonyl (C=O) groups is 4. The van der Waals surface area contributed by atoms with Crippen LogP contribution in [0.15, 0.2) is 65.9 Å². The Balaban J connectivity index is 1.55. The van der Waals surface area contributed by atoms with E-state index in [1.807, 2.05) is 0 Å². The normalized spacial score (nSPS) is 20.3. The highest BCUT2D eigenvalue weighted by atomic mass is 19.4. The molecule has 0 unspecified atom stereocenters. The van der Waals surface area contributed by atoms with Gasteiger partial charge in [0.25, 0.3) is 5.91 Å². The fraction of sp³-hybridized carbons (Fsp3) is 0.379. The molecule has 0 aliphatic carbocycles. The zero-order chi connectivity index (χ0) is 29.5. The fourth-order valence-corrected chi connectivity index (χ4v) is 5.80. The Morgan fingerprint density at radius 2 is 1.56 bits per heavy atom. The third-order valence-corrected chi connectivity index (χ3v) is 7.84. The van der Waals surface area contributed by atoms with Crippen LogP contribution in [0.4, 0.5) is 18.0 Å². The minimum absolute atomic E-state index is 0.0123. The van der Waals surface area contributed by atoms with E-state index in [9.17, 15) is 32.3 Å². The van der Waals surface area contributed by atoms with E-state index in [1.165, 1.54) is 34.9 Å². The zero-order valence-electron chi connectivity index (χ0n) is 22.6. The molecule has 3 heterocycles. The van der Waals surface area contributed by atoms with E-state index in [4.69, 9.17) is 0 Å². The Bertz CT molecular complexity index is 1400. The SMILES string of the molecule is CCN1C(=O)N[C@H](c2ccccc2C(F)(F)F)C2=C1CN([C@@H](C(=O)N1CCN(C(C)=O)CC1)c1ccccc1)C2=O. The summed E-state index contributed by atoms with van der Waals surface area (Å²) in [6.45, 7) is 4.48. The maximum Gasteiger partial charge on any atom is 0.416 e. The monoisotopic (exact) mass is 569 g/mol. The number of benzene rings is 2. The predicted octanol–water partition coefficient (Wildman–Crippen LogP) is 3.32. The molecule has 5 amide bonds. The summed E-state index contributed by atoms with van der Waals surface area (Å²) in [4.78, 5) is 59.0. The minimum atomic E-state index is -4.71. The average molecular weight is 570 g/mol. The number of piperazine rings is 1. The van der Waals surface area contributed by atoms with Crippen molar-refractivity contribution < 1.29 is 32.3 Å². The van der Waals surface area contributed by atoms with Gasteiger partial charge in [0.15, 0.2) is 0 Å². The minimum Gasteiger partial charge on any atom is -0.339 e. The van der Waals surface area contributed by atoms with Crippen LogP contribution in [0.3, 0.4) is 0 Å². The van der Waals surface area contributed by atoms with Crippen molar-refractivity contribution in [2.24, 2.45) is 0 Å². The van der Waals surface area contributed by atoms with Gasteiger partial charge < -0.3 is 20.0 Å². The van der Waals surface area contributed by atoms with Crippen molar-refractivity contribution in [1.82, 2.24) is 24.9 Å². The molecule has 0 spiro atoms. The molecule has 0 aromatic heterocycles. The van der Waals surface area contributed by atoms with Gasteiger partial charge in [-0.2, -0.15) is 13.2 Å². The van der Waals surface area contributed by atoms with Crippen molar-refractivity contribution in [2.45, 2.75) is 32.1 Å². The Hall–Kier alpha value is -4.35. The van der Waals surface area contributed by atoms with Crippen molar-refractivity contribution in [3.8, 4) is 0 Å². The van der Waals surface area contributed by atoms with Crippen molar-refractivity contribution in [2.75, 3.05) is 39.3 Å². The van der Waals surface area contributed by atoms with Crippen LogP contribution in [0.1, 0.15) is 42.6 Å². The van der Waals surface area contributed by atoms with E-state index >= 15 is 0 Å². The van der Waals surface area contributed by atoms with E-state index in [0.29, 0.717) is 18.7 Å². The molecule has 2 aromatic rings. The number of hydrogen-bond acceptors (Lipinski definition) is 4. The van der Waals surface area contributed by atoms with E-state index in [2.05, 4.69) is 5.32 Å². The predicted molar refractivity (Wildman–Crippen MR) is 142 cm³/mol. The van der Waals surface area contributed by atoms with Crippen LogP contribution in [0, 0.1) is 0 Å². The van der Waals surface area contributed by atoms with Gasteiger partial charge >= 0.3 is 12.2 Å². The van der Waals surface area contributed by atoms with Crippen molar-refractivity contribution >= 4 is 23.8 Å². The number of urea groups is 1. The highest BCUT2D eigenvalue weighted by Crippen LogP contribution is 2.43. The molecule has 9 nitrogen and oxygen atoms in total. The molecule has 216 valence electrons. The standard InChI is InChI=1S/C29H30F3N5O4/c1-3-36-22-17-37(25(19-9-5-4-6-10-19)27(40)35-15-13-34(14-16-35)18(2)38)26(39)23(22)24(33-28(36)41)20-11-7-8-12-21(20)29(30,31)32/h4-12,24-25H,3,13-17H2,1-2H3,(H,33,41)/t24-,25-/m1/s1. The summed E-state index contributed by atoms with van der Waals surface area (Å²) >= 11 is 0. The number of carbonyl (C=O) groups excluding carboxylic acids is 4. The fourth-order valence-electron chi connectivity index (χ4n) is 5.80. The second kappa shape index (κ2) is 10.9. The lowest BCUT2D eigenvalue weighted by Gasteiger charge is -2.38. The van der Waals surface area contributed by atoms with Crippen LogP contribution >= 0.6 is 0 Å². The molecular weight excluding hydrogens is 539 g/mol. The number of amides is 5. The maximum absolute atomic E-state index is 14.2. The van der Waals surface area contributed by atoms with Gasteiger partial charge in [0.1, 0.15) is 6.04 Å². The first kappa shape index (κ1) is 28.2. The van der Waals surface area contributed by atoms with Crippen molar-refractivity contribution in [3.63, 3.8) is 0 Å². The van der Waals surface area contributed by atoms with E-state index in [1.54, 1.807) is 47.1 Å². The molecule has 1 N–H and O–H groups in total. The van der Waals surface area contributed by atoms with Gasteiger partial charge in [0.2, 0.25) is 11.8 Å². The Labute approximate surface area is 235 Å². The summed E-state index contributed by atoms with van der Waals surface area (Å²) in [5, 5.41) is 2.60. The van der Waals surface area contributed by atoms with E-state index < -0.39 is 35.8 Å². The van der Waals surface area contributed by atoms with Crippen LogP contribution in [0.2, 0.25) is 0 Å². The first-order valence-corrected chi connectivity index (χ1v) is 13.4. The van der Waals surface area contributed by atoms with Crippen molar-refractivity contribution in [3.05, 3.63) is 82.6 Å². The number of alkyl halides is 3. The van der Waals surface area contributed by atoms with Gasteiger partial charge in [-0.1, -0.05) is 48.5 Å². The summed E-state index contributed by atoms with van der Waals surface area (Å²) in [6, 6.07) is 10.5. The summed E-state index contributed by atoms with van der Waals surface area (Å²) in [7, 11) is 0. The van der Waals surface area contributed by atoms with Gasteiger partial charge in [0.05, 0.1) is 29.4 Å². The Morgan fingerprint density at radius 3 is 2.17 bits per heavy atom. The van der Waals surface area contributed by atoms with Crippen LogP contribution in [0.25, 0.3) is 0 Å². The van der Waals surface area contributed by atoms with Crippen LogP contribution in [0.5, 0.6) is 0 Å². The molecule has 5 rings (SSSR count). The van der Waals surface area contributed by atoms with E-state index in [0.717, 1.165) is 6.07 Å². The quantitative estimate of drug-likeness (QED) is 0.598. The highest BCUT2D eigenvalue weighted by Gasteiger charge is 2.49. The number of rotatable bonds is 5. The number of likely N-dealkylation sites (N-methyl/N-ethyl adjacent to an activating group) is 1. The van der Waals surface area contributed by atoms with Gasteiger partial charge in [-0.3, -0.25) is 19.3 Å². The summed E-state index contributed by atoms with van der Waals surface area (Å²) in [6.07, 6.45) is -4.71. The molecule has 3 aliphatic rings. The molecule has 41 heavy (non-hydrogen) atoms. The van der Waals surface area contributed by atoms with Crippen LogP contribution in [-0.2, 0) is 20.6 Å². The van der Waals surface area contributed by atoms with Crippen LogP contribution in [-0.4, -0.2) is 82.6 Å². The Morgan fingerprint density at radius 1 is 0.951 bits per heavy atom. The molecule has 2 atom stereocenters. The first-order chi connectivity index (χ1) is 19.5. The lowest BCUT2D eigenvalue weighted by atomic mass is 9.91. The lowest BCUT2D eigenvalue weighted by Crippen LogP contribution is -2.53.